The van der Waals surface area contributed by atoms with Gasteiger partial charge in [-0.15, -0.1) is 0 Å². The number of ether oxygens (including phenoxy) is 2. The molecule has 3 aromatic rings. The zero-order valence-electron chi connectivity index (χ0n) is 16.2. The smallest absolute Gasteiger partial charge is 0.252 e. The normalized spacial score (nSPS) is 14.4. The molecule has 1 aromatic heterocycles. The first kappa shape index (κ1) is 18.8. The summed E-state index contributed by atoms with van der Waals surface area (Å²) < 4.78 is 10.6. The average Bonchev–Trinajstić information content (AvgIpc) is 3.36. The topological polar surface area (TPSA) is 105 Å². The van der Waals surface area contributed by atoms with E-state index in [1.165, 1.54) is 0 Å². The van der Waals surface area contributed by atoms with E-state index in [9.17, 15) is 9.59 Å². The van der Waals surface area contributed by atoms with Crippen molar-refractivity contribution in [1.29, 1.82) is 0 Å². The van der Waals surface area contributed by atoms with Crippen LogP contribution in [0, 0.1) is 5.92 Å². The molecule has 8 heteroatoms. The molecule has 0 aliphatic carbocycles. The molecular weight excluding hydrogens is 372 g/mol. The number of carbonyl (C=O) groups is 2. The molecule has 0 fully saturated rings. The predicted octanol–water partition coefficient (Wildman–Crippen LogP) is 3.07. The van der Waals surface area contributed by atoms with Crippen LogP contribution in [0.5, 0.6) is 11.5 Å². The van der Waals surface area contributed by atoms with Crippen LogP contribution in [0.2, 0.25) is 0 Å². The number of fused-ring (bicyclic) bond motifs is 2. The number of nitrogens with one attached hydrogen (secondary N) is 3. The number of aromatic nitrogens is 2. The molecule has 2 heterocycles. The van der Waals surface area contributed by atoms with Crippen molar-refractivity contribution in [3.63, 3.8) is 0 Å². The number of anilines is 1. The largest absolute Gasteiger partial charge is 0.454 e. The quantitative estimate of drug-likeness (QED) is 0.596. The maximum atomic E-state index is 12.9. The number of hydrogen-bond donors (Lipinski definition) is 3. The Morgan fingerprint density at radius 1 is 1.17 bits per heavy atom. The molecule has 0 bridgehead atoms. The molecule has 2 amide bonds. The second kappa shape index (κ2) is 7.83. The van der Waals surface area contributed by atoms with E-state index in [4.69, 9.17) is 9.47 Å². The van der Waals surface area contributed by atoms with Crippen molar-refractivity contribution in [3.05, 3.63) is 48.0 Å². The summed E-state index contributed by atoms with van der Waals surface area (Å²) in [6, 6.07) is 11.7. The molecule has 0 radical (unpaired) electrons. The highest BCUT2D eigenvalue weighted by molar-refractivity contribution is 6.01. The summed E-state index contributed by atoms with van der Waals surface area (Å²) in [6.07, 6.45) is 0.722. The van der Waals surface area contributed by atoms with Gasteiger partial charge in [-0.05, 0) is 36.2 Å². The van der Waals surface area contributed by atoms with Gasteiger partial charge in [-0.3, -0.25) is 14.9 Å². The van der Waals surface area contributed by atoms with E-state index in [0.717, 1.165) is 17.5 Å². The van der Waals surface area contributed by atoms with Gasteiger partial charge >= 0.3 is 0 Å². The minimum atomic E-state index is -0.717. The number of benzene rings is 2. The van der Waals surface area contributed by atoms with Crippen molar-refractivity contribution in [1.82, 2.24) is 15.3 Å². The Labute approximate surface area is 167 Å². The van der Waals surface area contributed by atoms with Crippen LogP contribution in [0.3, 0.4) is 0 Å². The van der Waals surface area contributed by atoms with Gasteiger partial charge < -0.3 is 19.8 Å². The molecular formula is C21H22N4O4. The van der Waals surface area contributed by atoms with Crippen molar-refractivity contribution in [2.24, 2.45) is 5.92 Å². The SMILES string of the molecule is CC[C@H](C)[C@@H](NC(=O)c1ccc2c(c1)OCO2)C(=O)Nc1nc2ccccc2[nH]1. The lowest BCUT2D eigenvalue weighted by Gasteiger charge is -2.23. The molecule has 0 saturated heterocycles. The monoisotopic (exact) mass is 394 g/mol. The van der Waals surface area contributed by atoms with Crippen LogP contribution in [0.4, 0.5) is 5.95 Å². The summed E-state index contributed by atoms with van der Waals surface area (Å²) in [6.45, 7) is 4.03. The van der Waals surface area contributed by atoms with E-state index in [2.05, 4.69) is 20.6 Å². The van der Waals surface area contributed by atoms with Crippen LogP contribution in [0.15, 0.2) is 42.5 Å². The highest BCUT2D eigenvalue weighted by atomic mass is 16.7. The van der Waals surface area contributed by atoms with Gasteiger partial charge in [0.2, 0.25) is 18.6 Å². The van der Waals surface area contributed by atoms with E-state index in [0.29, 0.717) is 23.0 Å². The lowest BCUT2D eigenvalue weighted by molar-refractivity contribution is -0.119. The van der Waals surface area contributed by atoms with E-state index in [-0.39, 0.29) is 24.5 Å². The third-order valence-corrected chi connectivity index (χ3v) is 5.05. The first-order chi connectivity index (χ1) is 14.0. The predicted molar refractivity (Wildman–Crippen MR) is 108 cm³/mol. The molecule has 0 spiro atoms. The zero-order valence-corrected chi connectivity index (χ0v) is 16.2. The van der Waals surface area contributed by atoms with Gasteiger partial charge in [-0.2, -0.15) is 0 Å². The minimum absolute atomic E-state index is 0.0719. The van der Waals surface area contributed by atoms with Gasteiger partial charge in [-0.25, -0.2) is 4.98 Å². The van der Waals surface area contributed by atoms with Crippen LogP contribution in [-0.2, 0) is 4.79 Å². The highest BCUT2D eigenvalue weighted by Crippen LogP contribution is 2.32. The highest BCUT2D eigenvalue weighted by Gasteiger charge is 2.28. The molecule has 3 N–H and O–H groups in total. The van der Waals surface area contributed by atoms with E-state index >= 15 is 0 Å². The fourth-order valence-corrected chi connectivity index (χ4v) is 3.17. The van der Waals surface area contributed by atoms with Gasteiger partial charge in [0.15, 0.2) is 11.5 Å². The van der Waals surface area contributed by atoms with Crippen LogP contribution in [0.25, 0.3) is 11.0 Å². The van der Waals surface area contributed by atoms with Gasteiger partial charge in [-0.1, -0.05) is 32.4 Å². The number of rotatable bonds is 6. The van der Waals surface area contributed by atoms with E-state index < -0.39 is 6.04 Å². The molecule has 150 valence electrons. The maximum absolute atomic E-state index is 12.9. The lowest BCUT2D eigenvalue weighted by Crippen LogP contribution is -2.47. The van der Waals surface area contributed by atoms with Crippen molar-refractivity contribution in [2.45, 2.75) is 26.3 Å². The second-order valence-corrected chi connectivity index (χ2v) is 7.00. The number of carbonyl (C=O) groups excluding carboxylic acids is 2. The number of hydrogen-bond acceptors (Lipinski definition) is 5. The maximum Gasteiger partial charge on any atom is 0.252 e. The van der Waals surface area contributed by atoms with E-state index in [1.807, 2.05) is 38.1 Å². The Balaban J connectivity index is 1.50. The molecule has 8 nitrogen and oxygen atoms in total. The van der Waals surface area contributed by atoms with Gasteiger partial charge in [0.25, 0.3) is 5.91 Å². The third-order valence-electron chi connectivity index (χ3n) is 5.05. The zero-order chi connectivity index (χ0) is 20.4. The Bertz CT molecular complexity index is 1030. The summed E-state index contributed by atoms with van der Waals surface area (Å²) >= 11 is 0. The number of aromatic amines is 1. The summed E-state index contributed by atoms with van der Waals surface area (Å²) in [7, 11) is 0. The molecule has 1 aliphatic heterocycles. The number of amides is 2. The number of para-hydroxylation sites is 2. The van der Waals surface area contributed by atoms with Crippen LogP contribution in [0.1, 0.15) is 30.6 Å². The Kier molecular flexibility index (Phi) is 5.07. The molecule has 2 atom stereocenters. The van der Waals surface area contributed by atoms with Crippen LogP contribution in [-0.4, -0.2) is 34.6 Å². The van der Waals surface area contributed by atoms with E-state index in [1.54, 1.807) is 18.2 Å². The van der Waals surface area contributed by atoms with Crippen molar-refractivity contribution >= 4 is 28.8 Å². The van der Waals surface area contributed by atoms with Crippen LogP contribution < -0.4 is 20.1 Å². The third kappa shape index (κ3) is 3.87. The molecule has 0 saturated carbocycles. The van der Waals surface area contributed by atoms with Crippen molar-refractivity contribution in [2.75, 3.05) is 12.1 Å². The first-order valence-corrected chi connectivity index (χ1v) is 9.51. The molecule has 29 heavy (non-hydrogen) atoms. The number of H-pyrrole nitrogens is 1. The fraction of sp³-hybridized carbons (Fsp3) is 0.286. The fourth-order valence-electron chi connectivity index (χ4n) is 3.17. The second-order valence-electron chi connectivity index (χ2n) is 7.00. The number of nitrogens with zero attached hydrogens (tertiary/aromatic N) is 1. The Morgan fingerprint density at radius 3 is 2.76 bits per heavy atom. The van der Waals surface area contributed by atoms with Crippen LogP contribution >= 0.6 is 0 Å². The summed E-state index contributed by atoms with van der Waals surface area (Å²) in [4.78, 5) is 33.1. The molecule has 2 aromatic carbocycles. The summed E-state index contributed by atoms with van der Waals surface area (Å²) in [5.74, 6) is 0.715. The standard InChI is InChI=1S/C21H22N4O4/c1-3-12(2)18(20(27)25-21-22-14-6-4-5-7-15(14)23-21)24-19(26)13-8-9-16-17(10-13)29-11-28-16/h4-10,12,18H,3,11H2,1-2H3,(H,24,26)(H2,22,23,25,27)/t12-,18+/m0/s1. The van der Waals surface area contributed by atoms with Gasteiger partial charge in [0.05, 0.1) is 11.0 Å². The minimum Gasteiger partial charge on any atom is -0.454 e. The van der Waals surface area contributed by atoms with Crippen molar-refractivity contribution < 1.29 is 19.1 Å². The average molecular weight is 394 g/mol. The Hall–Kier alpha value is -3.55. The molecule has 4 rings (SSSR count). The summed E-state index contributed by atoms with van der Waals surface area (Å²) in [5.41, 5.74) is 1.98. The lowest BCUT2D eigenvalue weighted by atomic mass is 9.98. The van der Waals surface area contributed by atoms with Crippen molar-refractivity contribution in [3.8, 4) is 11.5 Å². The Morgan fingerprint density at radius 2 is 1.97 bits per heavy atom. The number of imidazole rings is 1. The molecule has 0 unspecified atom stereocenters. The van der Waals surface area contributed by atoms with Gasteiger partial charge in [0, 0.05) is 5.56 Å². The van der Waals surface area contributed by atoms with Gasteiger partial charge in [0.1, 0.15) is 6.04 Å². The molecule has 1 aliphatic rings. The summed E-state index contributed by atoms with van der Waals surface area (Å²) in [5, 5.41) is 5.62. The first-order valence-electron chi connectivity index (χ1n) is 9.51.